The Bertz CT molecular complexity index is 276. The summed E-state index contributed by atoms with van der Waals surface area (Å²) < 4.78 is 12.8. The molecule has 0 amide bonds. The zero-order valence-electron chi connectivity index (χ0n) is 9.68. The van der Waals surface area contributed by atoms with Crippen molar-refractivity contribution in [1.29, 1.82) is 0 Å². The highest BCUT2D eigenvalue weighted by molar-refractivity contribution is 5.23. The number of hydrogen-bond acceptors (Lipinski definition) is 2. The highest BCUT2D eigenvalue weighted by Crippen LogP contribution is 2.08. The van der Waals surface area contributed by atoms with Crippen molar-refractivity contribution in [2.75, 3.05) is 13.2 Å². The third-order valence-corrected chi connectivity index (χ3v) is 1.84. The molecule has 15 heavy (non-hydrogen) atoms. The Kier molecular flexibility index (Phi) is 7.86. The maximum atomic E-state index is 12.8. The van der Waals surface area contributed by atoms with Gasteiger partial charge >= 0.3 is 0 Å². The highest BCUT2D eigenvalue weighted by atomic mass is 19.1. The molecule has 0 saturated heterocycles. The maximum absolute atomic E-state index is 12.8. The molecule has 0 unspecified atom stereocenters. The predicted octanol–water partition coefficient (Wildman–Crippen LogP) is 2.24. The van der Waals surface area contributed by atoms with Gasteiger partial charge in [0.2, 0.25) is 0 Å². The molecule has 0 aliphatic heterocycles. The van der Waals surface area contributed by atoms with E-state index in [0.717, 1.165) is 5.56 Å². The van der Waals surface area contributed by atoms with Gasteiger partial charge in [0.15, 0.2) is 0 Å². The smallest absolute Gasteiger partial charge is 0.126 e. The molecule has 0 saturated carbocycles. The van der Waals surface area contributed by atoms with Gasteiger partial charge in [0.25, 0.3) is 0 Å². The summed E-state index contributed by atoms with van der Waals surface area (Å²) >= 11 is 0. The Labute approximate surface area is 91.1 Å². The fourth-order valence-electron chi connectivity index (χ4n) is 1.13. The Morgan fingerprint density at radius 3 is 2.53 bits per heavy atom. The fourth-order valence-corrected chi connectivity index (χ4v) is 1.13. The number of aryl methyl sites for hydroxylation is 1. The standard InChI is InChI=1S/C10H14FNO.C2H6/c1-8-6-9(2-3-10(8)11)7-12-4-5-13;1-2/h2-3,6,12-13H,4-5,7H2,1H3;1-2H3. The zero-order valence-corrected chi connectivity index (χ0v) is 9.68. The van der Waals surface area contributed by atoms with E-state index in [1.807, 2.05) is 13.8 Å². The van der Waals surface area contributed by atoms with Crippen LogP contribution in [0.1, 0.15) is 25.0 Å². The molecule has 0 aliphatic carbocycles. The van der Waals surface area contributed by atoms with Gasteiger partial charge in [0.1, 0.15) is 5.82 Å². The van der Waals surface area contributed by atoms with E-state index in [2.05, 4.69) is 5.32 Å². The molecular formula is C12H20FNO. The first-order chi connectivity index (χ1) is 7.24. The van der Waals surface area contributed by atoms with E-state index in [1.165, 1.54) is 6.07 Å². The molecule has 0 spiro atoms. The maximum Gasteiger partial charge on any atom is 0.126 e. The third-order valence-electron chi connectivity index (χ3n) is 1.84. The van der Waals surface area contributed by atoms with Crippen LogP contribution in [0.5, 0.6) is 0 Å². The number of rotatable bonds is 4. The second-order valence-electron chi connectivity index (χ2n) is 2.98. The van der Waals surface area contributed by atoms with E-state index < -0.39 is 0 Å². The summed E-state index contributed by atoms with van der Waals surface area (Å²) in [5, 5.41) is 11.5. The number of aliphatic hydroxyl groups is 1. The zero-order chi connectivity index (χ0) is 11.7. The SMILES string of the molecule is CC.Cc1cc(CNCCO)ccc1F. The fraction of sp³-hybridized carbons (Fsp3) is 0.500. The van der Waals surface area contributed by atoms with E-state index in [4.69, 9.17) is 5.11 Å². The normalized spacial score (nSPS) is 9.40. The van der Waals surface area contributed by atoms with E-state index >= 15 is 0 Å². The average molecular weight is 213 g/mol. The van der Waals surface area contributed by atoms with Crippen LogP contribution in [-0.4, -0.2) is 18.3 Å². The quantitative estimate of drug-likeness (QED) is 0.752. The van der Waals surface area contributed by atoms with Crippen molar-refractivity contribution in [2.45, 2.75) is 27.3 Å². The lowest BCUT2D eigenvalue weighted by atomic mass is 10.1. The van der Waals surface area contributed by atoms with Crippen molar-refractivity contribution >= 4 is 0 Å². The van der Waals surface area contributed by atoms with Crippen molar-refractivity contribution in [3.05, 3.63) is 35.1 Å². The molecule has 0 bridgehead atoms. The Balaban J connectivity index is 0.000000921. The Hall–Kier alpha value is -0.930. The molecule has 0 aromatic heterocycles. The molecule has 0 fully saturated rings. The van der Waals surface area contributed by atoms with E-state index in [-0.39, 0.29) is 12.4 Å². The van der Waals surface area contributed by atoms with Crippen LogP contribution in [0.25, 0.3) is 0 Å². The third kappa shape index (κ3) is 5.50. The van der Waals surface area contributed by atoms with Crippen LogP contribution < -0.4 is 5.32 Å². The van der Waals surface area contributed by atoms with Crippen molar-refractivity contribution in [3.8, 4) is 0 Å². The van der Waals surface area contributed by atoms with Gasteiger partial charge in [-0.2, -0.15) is 0 Å². The van der Waals surface area contributed by atoms with Gasteiger partial charge in [-0.15, -0.1) is 0 Å². The molecule has 0 radical (unpaired) electrons. The molecule has 1 aromatic rings. The van der Waals surface area contributed by atoms with E-state index in [9.17, 15) is 4.39 Å². The first-order valence-corrected chi connectivity index (χ1v) is 5.30. The summed E-state index contributed by atoms with van der Waals surface area (Å²) in [6.07, 6.45) is 0. The minimum atomic E-state index is -0.175. The van der Waals surface area contributed by atoms with Crippen molar-refractivity contribution < 1.29 is 9.50 Å². The summed E-state index contributed by atoms with van der Waals surface area (Å²) in [6.45, 7) is 7.10. The van der Waals surface area contributed by atoms with Crippen LogP contribution in [0.3, 0.4) is 0 Å². The number of nitrogens with one attached hydrogen (secondary N) is 1. The molecule has 3 heteroatoms. The molecule has 2 nitrogen and oxygen atoms in total. The molecule has 0 heterocycles. The van der Waals surface area contributed by atoms with Crippen molar-refractivity contribution in [1.82, 2.24) is 5.32 Å². The predicted molar refractivity (Wildman–Crippen MR) is 61.3 cm³/mol. The summed E-state index contributed by atoms with van der Waals surface area (Å²) in [5.74, 6) is -0.175. The number of hydrogen-bond donors (Lipinski definition) is 2. The first-order valence-electron chi connectivity index (χ1n) is 5.30. The lowest BCUT2D eigenvalue weighted by Gasteiger charge is -2.04. The van der Waals surface area contributed by atoms with Crippen LogP contribution >= 0.6 is 0 Å². The second kappa shape index (κ2) is 8.38. The Morgan fingerprint density at radius 2 is 2.00 bits per heavy atom. The van der Waals surface area contributed by atoms with E-state index in [1.54, 1.807) is 19.1 Å². The molecule has 1 aromatic carbocycles. The minimum absolute atomic E-state index is 0.125. The number of halogens is 1. The lowest BCUT2D eigenvalue weighted by molar-refractivity contribution is 0.292. The van der Waals surface area contributed by atoms with E-state index in [0.29, 0.717) is 18.7 Å². The minimum Gasteiger partial charge on any atom is -0.395 e. The summed E-state index contributed by atoms with van der Waals surface area (Å²) in [4.78, 5) is 0. The van der Waals surface area contributed by atoms with Gasteiger partial charge in [-0.05, 0) is 24.1 Å². The van der Waals surface area contributed by atoms with Crippen molar-refractivity contribution in [3.63, 3.8) is 0 Å². The average Bonchev–Trinajstić information content (AvgIpc) is 2.27. The summed E-state index contributed by atoms with van der Waals surface area (Å²) in [7, 11) is 0. The van der Waals surface area contributed by atoms with Crippen LogP contribution in [0.15, 0.2) is 18.2 Å². The monoisotopic (exact) mass is 213 g/mol. The van der Waals surface area contributed by atoms with Crippen LogP contribution in [0, 0.1) is 12.7 Å². The first kappa shape index (κ1) is 14.1. The van der Waals surface area contributed by atoms with Crippen LogP contribution in [-0.2, 0) is 6.54 Å². The molecule has 0 atom stereocenters. The van der Waals surface area contributed by atoms with Gasteiger partial charge in [-0.25, -0.2) is 4.39 Å². The molecule has 2 N–H and O–H groups in total. The number of benzene rings is 1. The Morgan fingerprint density at radius 1 is 1.33 bits per heavy atom. The topological polar surface area (TPSA) is 32.3 Å². The number of aliphatic hydroxyl groups excluding tert-OH is 1. The lowest BCUT2D eigenvalue weighted by Crippen LogP contribution is -2.17. The van der Waals surface area contributed by atoms with Gasteiger partial charge < -0.3 is 10.4 Å². The molecule has 1 rings (SSSR count). The van der Waals surface area contributed by atoms with Crippen LogP contribution in [0.2, 0.25) is 0 Å². The molecule has 0 aliphatic rings. The highest BCUT2D eigenvalue weighted by Gasteiger charge is 1.97. The van der Waals surface area contributed by atoms with Crippen molar-refractivity contribution in [2.24, 2.45) is 0 Å². The van der Waals surface area contributed by atoms with Gasteiger partial charge in [0.05, 0.1) is 6.61 Å². The molecular weight excluding hydrogens is 193 g/mol. The van der Waals surface area contributed by atoms with Crippen LogP contribution in [0.4, 0.5) is 4.39 Å². The van der Waals surface area contributed by atoms with Gasteiger partial charge in [-0.3, -0.25) is 0 Å². The second-order valence-corrected chi connectivity index (χ2v) is 2.98. The summed E-state index contributed by atoms with van der Waals surface area (Å²) in [5.41, 5.74) is 1.69. The molecule has 86 valence electrons. The van der Waals surface area contributed by atoms with Gasteiger partial charge in [0, 0.05) is 13.1 Å². The van der Waals surface area contributed by atoms with Gasteiger partial charge in [-0.1, -0.05) is 26.0 Å². The largest absolute Gasteiger partial charge is 0.395 e. The summed E-state index contributed by atoms with van der Waals surface area (Å²) in [6, 6.07) is 5.01.